The first-order valence-electron chi connectivity index (χ1n) is 7.31. The number of nitrogens with one attached hydrogen (secondary N) is 1. The molecule has 0 spiro atoms. The van der Waals surface area contributed by atoms with Crippen LogP contribution in [0.15, 0.2) is 58.1 Å². The van der Waals surface area contributed by atoms with Crippen LogP contribution >= 0.6 is 0 Å². The second kappa shape index (κ2) is 6.08. The van der Waals surface area contributed by atoms with E-state index in [1.165, 1.54) is 10.6 Å². The maximum atomic E-state index is 12.1. The van der Waals surface area contributed by atoms with Crippen molar-refractivity contribution < 1.29 is 9.53 Å². The monoisotopic (exact) mass is 312 g/mol. The molecule has 0 amide bonds. The minimum absolute atomic E-state index is 0.243. The molecule has 1 aromatic carbocycles. The van der Waals surface area contributed by atoms with Crippen LogP contribution in [-0.2, 0) is 4.74 Å². The fraction of sp³-hybridized carbons (Fsp3) is 0.235. The molecule has 0 saturated carbocycles. The Hall–Kier alpha value is -2.89. The first-order chi connectivity index (χ1) is 11.0. The molecule has 0 unspecified atom stereocenters. The van der Waals surface area contributed by atoms with E-state index in [0.717, 1.165) is 0 Å². The van der Waals surface area contributed by atoms with Crippen LogP contribution in [0.1, 0.15) is 28.5 Å². The van der Waals surface area contributed by atoms with E-state index in [1.54, 1.807) is 37.3 Å². The number of benzene rings is 1. The third kappa shape index (κ3) is 3.15. The maximum absolute atomic E-state index is 12.1. The second-order valence-electron chi connectivity index (χ2n) is 5.45. The number of allylic oxidation sites excluding steroid dienone is 1. The van der Waals surface area contributed by atoms with Gasteiger partial charge in [0.2, 0.25) is 0 Å². The van der Waals surface area contributed by atoms with E-state index < -0.39 is 23.3 Å². The molecule has 1 N–H and O–H groups in total. The van der Waals surface area contributed by atoms with Gasteiger partial charge in [-0.2, -0.15) is 0 Å². The highest BCUT2D eigenvalue weighted by molar-refractivity contribution is 5.89. The van der Waals surface area contributed by atoms with Crippen LogP contribution in [0, 0.1) is 6.92 Å². The molecular weight excluding hydrogens is 296 g/mol. The molecule has 6 nitrogen and oxygen atoms in total. The van der Waals surface area contributed by atoms with E-state index in [9.17, 15) is 14.4 Å². The highest BCUT2D eigenvalue weighted by Gasteiger charge is 2.25. The minimum Gasteiger partial charge on any atom is -0.454 e. The molecule has 23 heavy (non-hydrogen) atoms. The Morgan fingerprint density at radius 2 is 1.96 bits per heavy atom. The van der Waals surface area contributed by atoms with E-state index in [-0.39, 0.29) is 6.04 Å². The van der Waals surface area contributed by atoms with Crippen molar-refractivity contribution in [3.63, 3.8) is 0 Å². The molecule has 1 aliphatic carbocycles. The molecule has 1 aromatic heterocycles. The van der Waals surface area contributed by atoms with E-state index in [4.69, 9.17) is 4.74 Å². The average molecular weight is 312 g/mol. The van der Waals surface area contributed by atoms with Crippen molar-refractivity contribution in [1.82, 2.24) is 9.55 Å². The van der Waals surface area contributed by atoms with E-state index in [0.29, 0.717) is 17.7 Å². The summed E-state index contributed by atoms with van der Waals surface area (Å²) in [6, 6.07) is 9.88. The van der Waals surface area contributed by atoms with Crippen LogP contribution in [0.25, 0.3) is 0 Å². The SMILES string of the molecule is Cc1cc(=O)[nH]c(=O)n1[C@H]1C=C[C@@H](OC(=O)c2ccccc2)C1. The van der Waals surface area contributed by atoms with Crippen molar-refractivity contribution in [2.24, 2.45) is 0 Å². The van der Waals surface area contributed by atoms with Crippen LogP contribution in [0.3, 0.4) is 0 Å². The van der Waals surface area contributed by atoms with Crippen molar-refractivity contribution in [2.45, 2.75) is 25.5 Å². The Balaban J connectivity index is 1.73. The summed E-state index contributed by atoms with van der Waals surface area (Å²) in [5.41, 5.74) is 0.183. The molecule has 1 heterocycles. The Bertz CT molecular complexity index is 864. The molecular formula is C17H16N2O4. The third-order valence-corrected chi connectivity index (χ3v) is 3.79. The van der Waals surface area contributed by atoms with Crippen LogP contribution < -0.4 is 11.2 Å². The number of aromatic nitrogens is 2. The van der Waals surface area contributed by atoms with Gasteiger partial charge in [-0.3, -0.25) is 14.3 Å². The Labute approximate surface area is 132 Å². The van der Waals surface area contributed by atoms with Crippen molar-refractivity contribution in [3.05, 3.63) is 80.6 Å². The number of carbonyl (C=O) groups is 1. The molecule has 0 aliphatic heterocycles. The standard InChI is InChI=1S/C17H16N2O4/c1-11-9-15(20)18-17(22)19(11)13-7-8-14(10-13)23-16(21)12-5-3-2-4-6-12/h2-9,13-14H,10H2,1H3,(H,18,20,22)/t13-,14+/m0/s1. The van der Waals surface area contributed by atoms with Gasteiger partial charge in [0.1, 0.15) is 6.10 Å². The molecule has 0 radical (unpaired) electrons. The van der Waals surface area contributed by atoms with Gasteiger partial charge in [0.15, 0.2) is 0 Å². The number of rotatable bonds is 3. The van der Waals surface area contributed by atoms with Crippen LogP contribution in [-0.4, -0.2) is 21.6 Å². The maximum Gasteiger partial charge on any atom is 0.338 e. The number of esters is 1. The summed E-state index contributed by atoms with van der Waals surface area (Å²) >= 11 is 0. The smallest absolute Gasteiger partial charge is 0.338 e. The lowest BCUT2D eigenvalue weighted by Gasteiger charge is -2.17. The number of hydrogen-bond donors (Lipinski definition) is 1. The molecule has 2 atom stereocenters. The molecule has 3 rings (SSSR count). The lowest BCUT2D eigenvalue weighted by Crippen LogP contribution is -2.33. The zero-order valence-electron chi connectivity index (χ0n) is 12.6. The van der Waals surface area contributed by atoms with Crippen LogP contribution in [0.5, 0.6) is 0 Å². The summed E-state index contributed by atoms with van der Waals surface area (Å²) in [4.78, 5) is 37.6. The van der Waals surface area contributed by atoms with Gasteiger partial charge >= 0.3 is 11.7 Å². The van der Waals surface area contributed by atoms with Gasteiger partial charge in [0, 0.05) is 18.2 Å². The predicted molar refractivity (Wildman–Crippen MR) is 84.5 cm³/mol. The van der Waals surface area contributed by atoms with Crippen molar-refractivity contribution in [2.75, 3.05) is 0 Å². The summed E-state index contributed by atoms with van der Waals surface area (Å²) in [5.74, 6) is -0.397. The number of aryl methyl sites for hydroxylation is 1. The largest absolute Gasteiger partial charge is 0.454 e. The summed E-state index contributed by atoms with van der Waals surface area (Å²) in [6.45, 7) is 1.70. The number of hydrogen-bond acceptors (Lipinski definition) is 4. The van der Waals surface area contributed by atoms with Gasteiger partial charge in [-0.05, 0) is 25.1 Å². The summed E-state index contributed by atoms with van der Waals surface area (Å²) in [6.07, 6.45) is 3.65. The van der Waals surface area contributed by atoms with Gasteiger partial charge in [-0.25, -0.2) is 9.59 Å². The van der Waals surface area contributed by atoms with E-state index in [2.05, 4.69) is 4.98 Å². The van der Waals surface area contributed by atoms with Crippen molar-refractivity contribution in [1.29, 1.82) is 0 Å². The molecule has 0 bridgehead atoms. The highest BCUT2D eigenvalue weighted by atomic mass is 16.5. The van der Waals surface area contributed by atoms with Gasteiger partial charge in [-0.1, -0.05) is 24.3 Å². The molecule has 0 saturated heterocycles. The highest BCUT2D eigenvalue weighted by Crippen LogP contribution is 2.25. The van der Waals surface area contributed by atoms with Gasteiger partial charge in [0.05, 0.1) is 11.6 Å². The topological polar surface area (TPSA) is 81.2 Å². The Kier molecular flexibility index (Phi) is 3.97. The number of H-pyrrole nitrogens is 1. The number of ether oxygens (including phenoxy) is 1. The van der Waals surface area contributed by atoms with Crippen molar-refractivity contribution >= 4 is 5.97 Å². The lowest BCUT2D eigenvalue weighted by atomic mass is 10.2. The van der Waals surface area contributed by atoms with Gasteiger partial charge in [0.25, 0.3) is 5.56 Å². The molecule has 2 aromatic rings. The summed E-state index contributed by atoms with van der Waals surface area (Å²) in [7, 11) is 0. The zero-order chi connectivity index (χ0) is 16.4. The summed E-state index contributed by atoms with van der Waals surface area (Å²) < 4.78 is 6.93. The van der Waals surface area contributed by atoms with Crippen LogP contribution in [0.2, 0.25) is 0 Å². The summed E-state index contributed by atoms with van der Waals surface area (Å²) in [5, 5.41) is 0. The first-order valence-corrected chi connectivity index (χ1v) is 7.31. The number of nitrogens with zero attached hydrogens (tertiary/aromatic N) is 1. The van der Waals surface area contributed by atoms with Crippen molar-refractivity contribution in [3.8, 4) is 0 Å². The van der Waals surface area contributed by atoms with E-state index >= 15 is 0 Å². The fourth-order valence-electron chi connectivity index (χ4n) is 2.74. The number of carbonyl (C=O) groups excluding carboxylic acids is 1. The second-order valence-corrected chi connectivity index (χ2v) is 5.45. The van der Waals surface area contributed by atoms with Gasteiger partial charge in [-0.15, -0.1) is 0 Å². The molecule has 1 aliphatic rings. The Morgan fingerprint density at radius 3 is 2.65 bits per heavy atom. The molecule has 6 heteroatoms. The normalized spacial score (nSPS) is 19.7. The van der Waals surface area contributed by atoms with Crippen LogP contribution in [0.4, 0.5) is 0 Å². The zero-order valence-corrected chi connectivity index (χ0v) is 12.6. The quantitative estimate of drug-likeness (QED) is 0.689. The molecule has 118 valence electrons. The number of aromatic amines is 1. The van der Waals surface area contributed by atoms with Gasteiger partial charge < -0.3 is 4.74 Å². The average Bonchev–Trinajstić information content (AvgIpc) is 2.95. The predicted octanol–water partition coefficient (Wildman–Crippen LogP) is 1.57. The minimum atomic E-state index is -0.459. The first kappa shape index (κ1) is 15.0. The van der Waals surface area contributed by atoms with E-state index in [1.807, 2.05) is 12.1 Å². The molecule has 0 fully saturated rings. The lowest BCUT2D eigenvalue weighted by molar-refractivity contribution is 0.0382. The third-order valence-electron chi connectivity index (χ3n) is 3.79. The fourth-order valence-corrected chi connectivity index (χ4v) is 2.74. The Morgan fingerprint density at radius 1 is 1.22 bits per heavy atom.